The summed E-state index contributed by atoms with van der Waals surface area (Å²) in [4.78, 5) is 11.1. The van der Waals surface area contributed by atoms with E-state index >= 15 is 0 Å². The minimum Gasteiger partial charge on any atom is -0.354 e. The van der Waals surface area contributed by atoms with Crippen LogP contribution in [-0.2, 0) is 10.0 Å². The zero-order valence-electron chi connectivity index (χ0n) is 13.3. The van der Waals surface area contributed by atoms with Crippen molar-refractivity contribution < 1.29 is 8.42 Å². The largest absolute Gasteiger partial charge is 0.354 e. The van der Waals surface area contributed by atoms with Crippen molar-refractivity contribution in [2.45, 2.75) is 6.92 Å². The first-order chi connectivity index (χ1) is 10.9. The summed E-state index contributed by atoms with van der Waals surface area (Å²) in [5.41, 5.74) is 1.94. The van der Waals surface area contributed by atoms with Crippen LogP contribution in [0.3, 0.4) is 0 Å². The lowest BCUT2D eigenvalue weighted by atomic mass is 10.1. The zero-order valence-corrected chi connectivity index (χ0v) is 14.1. The van der Waals surface area contributed by atoms with Crippen LogP contribution in [0.1, 0.15) is 5.82 Å². The Bertz CT molecular complexity index is 785. The molecule has 0 radical (unpaired) electrons. The molecule has 7 heteroatoms. The van der Waals surface area contributed by atoms with Crippen LogP contribution in [0, 0.1) is 6.92 Å². The molecule has 1 aromatic carbocycles. The van der Waals surface area contributed by atoms with E-state index in [1.165, 1.54) is 10.6 Å². The number of nitrogens with zero attached hydrogens (tertiary/aromatic N) is 4. The fourth-order valence-electron chi connectivity index (χ4n) is 2.72. The summed E-state index contributed by atoms with van der Waals surface area (Å²) in [5.74, 6) is 1.57. The third-order valence-electron chi connectivity index (χ3n) is 3.93. The predicted octanol–water partition coefficient (Wildman–Crippen LogP) is 1.53. The van der Waals surface area contributed by atoms with Gasteiger partial charge in [0.25, 0.3) is 0 Å². The summed E-state index contributed by atoms with van der Waals surface area (Å²) in [7, 11) is -3.12. The van der Waals surface area contributed by atoms with Gasteiger partial charge in [-0.1, -0.05) is 30.3 Å². The highest BCUT2D eigenvalue weighted by Crippen LogP contribution is 2.22. The number of rotatable bonds is 3. The molecule has 0 aliphatic carbocycles. The van der Waals surface area contributed by atoms with Crippen LogP contribution in [0.2, 0.25) is 0 Å². The number of anilines is 1. The highest BCUT2D eigenvalue weighted by atomic mass is 32.2. The maximum atomic E-state index is 11.6. The number of hydrogen-bond acceptors (Lipinski definition) is 5. The molecule has 1 fully saturated rings. The third kappa shape index (κ3) is 3.68. The lowest BCUT2D eigenvalue weighted by molar-refractivity contribution is 0.387. The minimum atomic E-state index is -3.12. The first-order valence-electron chi connectivity index (χ1n) is 7.55. The summed E-state index contributed by atoms with van der Waals surface area (Å²) in [6, 6.07) is 12.0. The van der Waals surface area contributed by atoms with Crippen LogP contribution in [0.4, 0.5) is 5.82 Å². The van der Waals surface area contributed by atoms with Gasteiger partial charge in [0.05, 0.1) is 11.9 Å². The van der Waals surface area contributed by atoms with Crippen LogP contribution in [-0.4, -0.2) is 55.1 Å². The molecule has 2 heterocycles. The molecule has 1 aliphatic rings. The van der Waals surface area contributed by atoms with Gasteiger partial charge in [0.2, 0.25) is 10.0 Å². The SMILES string of the molecule is Cc1nc(-c2ccccc2)cc(N2CCN(S(C)(=O)=O)CC2)n1. The van der Waals surface area contributed by atoms with Crippen molar-refractivity contribution in [2.24, 2.45) is 0 Å². The molecule has 2 aromatic rings. The van der Waals surface area contributed by atoms with Crippen molar-refractivity contribution in [1.82, 2.24) is 14.3 Å². The highest BCUT2D eigenvalue weighted by molar-refractivity contribution is 7.88. The summed E-state index contributed by atoms with van der Waals surface area (Å²) >= 11 is 0. The molecule has 3 rings (SSSR count). The molecule has 0 N–H and O–H groups in total. The molecule has 0 bridgehead atoms. The fourth-order valence-corrected chi connectivity index (χ4v) is 3.55. The standard InChI is InChI=1S/C16H20N4O2S/c1-13-17-15(14-6-4-3-5-7-14)12-16(18-13)19-8-10-20(11-9-19)23(2,21)22/h3-7,12H,8-11H2,1-2H3. The molecule has 0 saturated carbocycles. The van der Waals surface area contributed by atoms with E-state index in [4.69, 9.17) is 0 Å². The van der Waals surface area contributed by atoms with Gasteiger partial charge in [-0.3, -0.25) is 0 Å². The van der Waals surface area contributed by atoms with Crippen LogP contribution in [0.5, 0.6) is 0 Å². The van der Waals surface area contributed by atoms with Gasteiger partial charge in [-0.2, -0.15) is 4.31 Å². The van der Waals surface area contributed by atoms with Crippen LogP contribution in [0.15, 0.2) is 36.4 Å². The molecule has 6 nitrogen and oxygen atoms in total. The van der Waals surface area contributed by atoms with E-state index in [2.05, 4.69) is 14.9 Å². The fraction of sp³-hybridized carbons (Fsp3) is 0.375. The van der Waals surface area contributed by atoms with E-state index in [1.807, 2.05) is 43.3 Å². The predicted molar refractivity (Wildman–Crippen MR) is 90.8 cm³/mol. The van der Waals surface area contributed by atoms with Crippen molar-refractivity contribution >= 4 is 15.8 Å². The Balaban J connectivity index is 1.83. The minimum absolute atomic E-state index is 0.489. The van der Waals surface area contributed by atoms with Gasteiger partial charge in [0, 0.05) is 37.8 Å². The van der Waals surface area contributed by atoms with Gasteiger partial charge in [0.15, 0.2) is 0 Å². The Hall–Kier alpha value is -1.99. The van der Waals surface area contributed by atoms with E-state index in [-0.39, 0.29) is 0 Å². The van der Waals surface area contributed by atoms with Gasteiger partial charge >= 0.3 is 0 Å². The third-order valence-corrected chi connectivity index (χ3v) is 5.23. The molecular formula is C16H20N4O2S. The van der Waals surface area contributed by atoms with E-state index in [9.17, 15) is 8.42 Å². The summed E-state index contributed by atoms with van der Waals surface area (Å²) in [5, 5.41) is 0. The topological polar surface area (TPSA) is 66.4 Å². The monoisotopic (exact) mass is 332 g/mol. The molecule has 1 saturated heterocycles. The van der Waals surface area contributed by atoms with Gasteiger partial charge in [-0.15, -0.1) is 0 Å². The molecular weight excluding hydrogens is 312 g/mol. The lowest BCUT2D eigenvalue weighted by Crippen LogP contribution is -2.48. The number of benzene rings is 1. The molecule has 0 atom stereocenters. The van der Waals surface area contributed by atoms with Crippen LogP contribution in [0.25, 0.3) is 11.3 Å². The maximum Gasteiger partial charge on any atom is 0.211 e. The van der Waals surface area contributed by atoms with Gasteiger partial charge in [0.1, 0.15) is 11.6 Å². The Morgan fingerprint density at radius 2 is 1.65 bits per heavy atom. The Labute approximate surface area is 136 Å². The number of aryl methyl sites for hydroxylation is 1. The number of piperazine rings is 1. The maximum absolute atomic E-state index is 11.6. The quantitative estimate of drug-likeness (QED) is 0.853. The lowest BCUT2D eigenvalue weighted by Gasteiger charge is -2.34. The van der Waals surface area contributed by atoms with Gasteiger partial charge in [-0.05, 0) is 6.92 Å². The molecule has 1 aliphatic heterocycles. The van der Waals surface area contributed by atoms with Crippen LogP contribution >= 0.6 is 0 Å². The zero-order chi connectivity index (χ0) is 16.4. The number of aromatic nitrogens is 2. The first-order valence-corrected chi connectivity index (χ1v) is 9.39. The summed E-state index contributed by atoms with van der Waals surface area (Å²) in [6.45, 7) is 4.13. The summed E-state index contributed by atoms with van der Waals surface area (Å²) in [6.07, 6.45) is 1.25. The second kappa shape index (κ2) is 6.25. The van der Waals surface area contributed by atoms with Crippen molar-refractivity contribution in [3.05, 3.63) is 42.2 Å². The Morgan fingerprint density at radius 3 is 2.26 bits per heavy atom. The first kappa shape index (κ1) is 15.9. The van der Waals surface area contributed by atoms with Crippen LogP contribution < -0.4 is 4.90 Å². The molecule has 122 valence electrons. The van der Waals surface area contributed by atoms with E-state index < -0.39 is 10.0 Å². The molecule has 0 unspecified atom stereocenters. The van der Waals surface area contributed by atoms with Gasteiger partial charge < -0.3 is 4.90 Å². The van der Waals surface area contributed by atoms with Crippen molar-refractivity contribution in [3.63, 3.8) is 0 Å². The van der Waals surface area contributed by atoms with Crippen molar-refractivity contribution in [1.29, 1.82) is 0 Å². The average molecular weight is 332 g/mol. The molecule has 0 spiro atoms. The average Bonchev–Trinajstić information content (AvgIpc) is 2.54. The Morgan fingerprint density at radius 1 is 1.00 bits per heavy atom. The number of hydrogen-bond donors (Lipinski definition) is 0. The molecule has 1 aromatic heterocycles. The van der Waals surface area contributed by atoms with Gasteiger partial charge in [-0.25, -0.2) is 18.4 Å². The highest BCUT2D eigenvalue weighted by Gasteiger charge is 2.24. The molecule has 23 heavy (non-hydrogen) atoms. The van der Waals surface area contributed by atoms with Crippen molar-refractivity contribution in [3.8, 4) is 11.3 Å². The Kier molecular flexibility index (Phi) is 4.32. The van der Waals surface area contributed by atoms with E-state index in [0.717, 1.165) is 17.1 Å². The van der Waals surface area contributed by atoms with Crippen molar-refractivity contribution in [2.75, 3.05) is 37.3 Å². The normalized spacial score (nSPS) is 16.5. The molecule has 0 amide bonds. The van der Waals surface area contributed by atoms with E-state index in [1.54, 1.807) is 0 Å². The van der Waals surface area contributed by atoms with E-state index in [0.29, 0.717) is 32.0 Å². The second-order valence-electron chi connectivity index (χ2n) is 5.67. The smallest absolute Gasteiger partial charge is 0.211 e. The second-order valence-corrected chi connectivity index (χ2v) is 7.66. The number of sulfonamides is 1. The summed E-state index contributed by atoms with van der Waals surface area (Å²) < 4.78 is 24.7.